The molecule has 118 valence electrons. The average Bonchev–Trinajstić information content (AvgIpc) is 3.22. The molecule has 0 aromatic heterocycles. The van der Waals surface area contributed by atoms with Gasteiger partial charge < -0.3 is 11.1 Å². The van der Waals surface area contributed by atoms with Crippen LogP contribution >= 0.6 is 0 Å². The molecule has 2 aliphatic carbocycles. The third-order valence-corrected chi connectivity index (χ3v) is 5.99. The molecular weight excluding hydrogens is 244 g/mol. The van der Waals surface area contributed by atoms with Crippen LogP contribution in [0.25, 0.3) is 0 Å². The molecule has 2 saturated carbocycles. The summed E-state index contributed by atoms with van der Waals surface area (Å²) in [6.07, 6.45) is 8.40. The van der Waals surface area contributed by atoms with Gasteiger partial charge in [0.25, 0.3) is 0 Å². The predicted octanol–water partition coefficient (Wildman–Crippen LogP) is 3.80. The highest BCUT2D eigenvalue weighted by Crippen LogP contribution is 2.46. The molecule has 3 N–H and O–H groups in total. The molecule has 2 atom stereocenters. The van der Waals surface area contributed by atoms with Gasteiger partial charge in [-0.05, 0) is 61.8 Å². The topological polar surface area (TPSA) is 38.0 Å². The van der Waals surface area contributed by atoms with Gasteiger partial charge in [-0.1, -0.05) is 40.5 Å². The fraction of sp³-hybridized carbons (Fsp3) is 1.00. The van der Waals surface area contributed by atoms with Gasteiger partial charge in [-0.25, -0.2) is 0 Å². The smallest absolute Gasteiger partial charge is 0.0306 e. The van der Waals surface area contributed by atoms with Crippen LogP contribution in [0.2, 0.25) is 0 Å². The lowest BCUT2D eigenvalue weighted by atomic mass is 9.73. The summed E-state index contributed by atoms with van der Waals surface area (Å²) in [5.74, 6) is 4.25. The first-order valence-electron chi connectivity index (χ1n) is 8.92. The van der Waals surface area contributed by atoms with Gasteiger partial charge in [0, 0.05) is 12.1 Å². The molecule has 2 heteroatoms. The first-order valence-corrected chi connectivity index (χ1v) is 8.92. The van der Waals surface area contributed by atoms with Crippen molar-refractivity contribution in [3.05, 3.63) is 0 Å². The lowest BCUT2D eigenvalue weighted by Crippen LogP contribution is -2.56. The van der Waals surface area contributed by atoms with Crippen molar-refractivity contribution in [1.82, 2.24) is 5.32 Å². The second-order valence-corrected chi connectivity index (χ2v) is 8.21. The highest BCUT2D eigenvalue weighted by Gasteiger charge is 2.41. The van der Waals surface area contributed by atoms with Crippen molar-refractivity contribution in [2.24, 2.45) is 35.3 Å². The highest BCUT2D eigenvalue weighted by atomic mass is 15.0. The molecule has 2 rings (SSSR count). The number of nitrogens with one attached hydrogen (secondary N) is 1. The Labute approximate surface area is 126 Å². The number of nitrogens with two attached hydrogens (primary N) is 1. The first kappa shape index (κ1) is 16.3. The molecule has 0 amide bonds. The summed E-state index contributed by atoms with van der Waals surface area (Å²) < 4.78 is 0. The minimum Gasteiger partial charge on any atom is -0.329 e. The Balaban J connectivity index is 1.92. The standard InChI is InChI=1S/C18H36N2/c1-13(2)17(14(3)4)11-20-18(12-19)9-5-6-16(10-18)15-7-8-15/h13-17,20H,5-12,19H2,1-4H3. The van der Waals surface area contributed by atoms with Crippen LogP contribution in [0.15, 0.2) is 0 Å². The maximum atomic E-state index is 6.20. The molecule has 0 aromatic rings. The molecule has 2 fully saturated rings. The normalized spacial score (nSPS) is 31.5. The van der Waals surface area contributed by atoms with Crippen molar-refractivity contribution < 1.29 is 0 Å². The Morgan fingerprint density at radius 3 is 2.20 bits per heavy atom. The highest BCUT2D eigenvalue weighted by molar-refractivity contribution is 4.98. The predicted molar refractivity (Wildman–Crippen MR) is 87.6 cm³/mol. The van der Waals surface area contributed by atoms with Crippen molar-refractivity contribution in [3.8, 4) is 0 Å². The molecule has 0 saturated heterocycles. The second kappa shape index (κ2) is 6.79. The monoisotopic (exact) mass is 280 g/mol. The van der Waals surface area contributed by atoms with E-state index < -0.39 is 0 Å². The van der Waals surface area contributed by atoms with Gasteiger partial charge in [-0.15, -0.1) is 0 Å². The Bertz CT molecular complexity index is 288. The maximum Gasteiger partial charge on any atom is 0.0306 e. The molecule has 0 radical (unpaired) electrons. The van der Waals surface area contributed by atoms with Crippen LogP contribution in [0, 0.1) is 29.6 Å². The van der Waals surface area contributed by atoms with E-state index in [-0.39, 0.29) is 5.54 Å². The van der Waals surface area contributed by atoms with Crippen molar-refractivity contribution in [3.63, 3.8) is 0 Å². The summed E-state index contributed by atoms with van der Waals surface area (Å²) in [7, 11) is 0. The van der Waals surface area contributed by atoms with Crippen LogP contribution in [0.5, 0.6) is 0 Å². The lowest BCUT2D eigenvalue weighted by Gasteiger charge is -2.43. The molecule has 0 aliphatic heterocycles. The number of hydrogen-bond donors (Lipinski definition) is 2. The zero-order chi connectivity index (χ0) is 14.8. The summed E-state index contributed by atoms with van der Waals surface area (Å²) in [5, 5.41) is 3.94. The maximum absolute atomic E-state index is 6.20. The summed E-state index contributed by atoms with van der Waals surface area (Å²) in [4.78, 5) is 0. The molecule has 2 aliphatic rings. The Morgan fingerprint density at radius 1 is 1.05 bits per heavy atom. The van der Waals surface area contributed by atoms with E-state index in [0.29, 0.717) is 0 Å². The molecule has 0 aromatic carbocycles. The zero-order valence-electron chi connectivity index (χ0n) is 14.1. The average molecular weight is 280 g/mol. The molecule has 2 nitrogen and oxygen atoms in total. The summed E-state index contributed by atoms with van der Waals surface area (Å²) in [5.41, 5.74) is 6.44. The van der Waals surface area contributed by atoms with Crippen LogP contribution in [0.4, 0.5) is 0 Å². The molecule has 0 bridgehead atoms. The molecule has 0 heterocycles. The first-order chi connectivity index (χ1) is 9.47. The third-order valence-electron chi connectivity index (χ3n) is 5.99. The van der Waals surface area contributed by atoms with E-state index in [0.717, 1.165) is 42.7 Å². The minimum atomic E-state index is 0.244. The van der Waals surface area contributed by atoms with Crippen molar-refractivity contribution in [2.45, 2.75) is 71.8 Å². The quantitative estimate of drug-likeness (QED) is 0.744. The zero-order valence-corrected chi connectivity index (χ0v) is 14.1. The van der Waals surface area contributed by atoms with Gasteiger partial charge in [0.05, 0.1) is 0 Å². The van der Waals surface area contributed by atoms with E-state index in [1.165, 1.54) is 38.5 Å². The number of rotatable bonds is 7. The molecule has 20 heavy (non-hydrogen) atoms. The van der Waals surface area contributed by atoms with E-state index in [4.69, 9.17) is 5.73 Å². The summed E-state index contributed by atoms with van der Waals surface area (Å²) >= 11 is 0. The van der Waals surface area contributed by atoms with E-state index in [1.54, 1.807) is 0 Å². The Kier molecular flexibility index (Phi) is 5.53. The molecule has 0 spiro atoms. The van der Waals surface area contributed by atoms with Crippen LogP contribution in [-0.4, -0.2) is 18.6 Å². The van der Waals surface area contributed by atoms with Gasteiger partial charge >= 0.3 is 0 Å². The number of hydrogen-bond acceptors (Lipinski definition) is 2. The largest absolute Gasteiger partial charge is 0.329 e. The third kappa shape index (κ3) is 3.98. The van der Waals surface area contributed by atoms with Crippen LogP contribution < -0.4 is 11.1 Å². The minimum absolute atomic E-state index is 0.244. The van der Waals surface area contributed by atoms with Crippen LogP contribution in [0.1, 0.15) is 66.2 Å². The van der Waals surface area contributed by atoms with Crippen molar-refractivity contribution >= 4 is 0 Å². The second-order valence-electron chi connectivity index (χ2n) is 8.21. The van der Waals surface area contributed by atoms with Crippen LogP contribution in [-0.2, 0) is 0 Å². The van der Waals surface area contributed by atoms with Crippen molar-refractivity contribution in [1.29, 1.82) is 0 Å². The van der Waals surface area contributed by atoms with Gasteiger partial charge in [-0.2, -0.15) is 0 Å². The Hall–Kier alpha value is -0.0800. The van der Waals surface area contributed by atoms with Gasteiger partial charge in [-0.3, -0.25) is 0 Å². The summed E-state index contributed by atoms with van der Waals surface area (Å²) in [6.45, 7) is 11.4. The molecule has 2 unspecified atom stereocenters. The Morgan fingerprint density at radius 2 is 1.70 bits per heavy atom. The van der Waals surface area contributed by atoms with Gasteiger partial charge in [0.15, 0.2) is 0 Å². The summed E-state index contributed by atoms with van der Waals surface area (Å²) in [6, 6.07) is 0. The fourth-order valence-corrected chi connectivity index (χ4v) is 4.37. The van der Waals surface area contributed by atoms with E-state index in [1.807, 2.05) is 0 Å². The molecular formula is C18H36N2. The SMILES string of the molecule is CC(C)C(CNC1(CN)CCCC(C2CC2)C1)C(C)C. The lowest BCUT2D eigenvalue weighted by molar-refractivity contribution is 0.149. The fourth-order valence-electron chi connectivity index (χ4n) is 4.37. The van der Waals surface area contributed by atoms with E-state index in [2.05, 4.69) is 33.0 Å². The van der Waals surface area contributed by atoms with E-state index >= 15 is 0 Å². The van der Waals surface area contributed by atoms with Crippen LogP contribution in [0.3, 0.4) is 0 Å². The van der Waals surface area contributed by atoms with E-state index in [9.17, 15) is 0 Å². The van der Waals surface area contributed by atoms with Gasteiger partial charge in [0.2, 0.25) is 0 Å². The van der Waals surface area contributed by atoms with Crippen molar-refractivity contribution in [2.75, 3.05) is 13.1 Å². The van der Waals surface area contributed by atoms with Gasteiger partial charge in [0.1, 0.15) is 0 Å².